The van der Waals surface area contributed by atoms with Crippen LogP contribution in [0.15, 0.2) is 41.0 Å². The first-order valence-corrected chi connectivity index (χ1v) is 5.54. The van der Waals surface area contributed by atoms with E-state index in [0.29, 0.717) is 5.69 Å². The van der Waals surface area contributed by atoms with Crippen LogP contribution in [0.4, 0.5) is 10.1 Å². The van der Waals surface area contributed by atoms with Gasteiger partial charge in [0, 0.05) is 5.71 Å². The molecule has 1 aliphatic rings. The molecule has 0 aromatic heterocycles. The maximum absolute atomic E-state index is 13.4. The Bertz CT molecular complexity index is 435. The quantitative estimate of drug-likeness (QED) is 0.771. The lowest BCUT2D eigenvalue weighted by atomic mass is 9.93. The number of halogens is 1. The lowest BCUT2D eigenvalue weighted by molar-refractivity contribution is 0.629. The summed E-state index contributed by atoms with van der Waals surface area (Å²) in [4.78, 5) is 4.36. The maximum atomic E-state index is 13.4. The zero-order chi connectivity index (χ0) is 11.4. The van der Waals surface area contributed by atoms with Gasteiger partial charge in [0.15, 0.2) is 0 Å². The summed E-state index contributed by atoms with van der Waals surface area (Å²) < 4.78 is 13.4. The van der Waals surface area contributed by atoms with E-state index in [1.165, 1.54) is 6.07 Å². The molecule has 0 heterocycles. The highest BCUT2D eigenvalue weighted by molar-refractivity contribution is 6.02. The van der Waals surface area contributed by atoms with Crippen molar-refractivity contribution in [2.45, 2.75) is 25.7 Å². The average Bonchev–Trinajstić information content (AvgIpc) is 2.33. The third-order valence-electron chi connectivity index (χ3n) is 2.79. The molecular weight excluding hydrogens is 203 g/mol. The lowest BCUT2D eigenvalue weighted by Gasteiger charge is -2.16. The van der Waals surface area contributed by atoms with Crippen LogP contribution in [0.3, 0.4) is 0 Å². The molecule has 1 aromatic carbocycles. The zero-order valence-electron chi connectivity index (χ0n) is 9.12. The van der Waals surface area contributed by atoms with E-state index in [0.717, 1.165) is 37.0 Å². The van der Waals surface area contributed by atoms with Gasteiger partial charge in [-0.1, -0.05) is 12.1 Å². The van der Waals surface area contributed by atoms with E-state index in [1.54, 1.807) is 24.4 Å². The van der Waals surface area contributed by atoms with E-state index in [4.69, 9.17) is 5.73 Å². The number of nitrogens with two attached hydrogens (primary N) is 1. The van der Waals surface area contributed by atoms with Gasteiger partial charge in [0.05, 0.1) is 5.69 Å². The molecule has 2 rings (SSSR count). The van der Waals surface area contributed by atoms with Crippen molar-refractivity contribution in [1.82, 2.24) is 0 Å². The molecule has 2 nitrogen and oxygen atoms in total. The predicted octanol–water partition coefficient (Wildman–Crippen LogP) is 3.31. The first-order valence-electron chi connectivity index (χ1n) is 5.54. The van der Waals surface area contributed by atoms with Crippen LogP contribution in [0.5, 0.6) is 0 Å². The maximum Gasteiger partial charge on any atom is 0.148 e. The zero-order valence-corrected chi connectivity index (χ0v) is 9.12. The van der Waals surface area contributed by atoms with Crippen LogP contribution in [0.1, 0.15) is 25.7 Å². The van der Waals surface area contributed by atoms with E-state index >= 15 is 0 Å². The van der Waals surface area contributed by atoms with Gasteiger partial charge in [0.25, 0.3) is 0 Å². The van der Waals surface area contributed by atoms with Crippen LogP contribution in [0.2, 0.25) is 0 Å². The molecule has 16 heavy (non-hydrogen) atoms. The van der Waals surface area contributed by atoms with E-state index in [-0.39, 0.29) is 5.82 Å². The van der Waals surface area contributed by atoms with Crippen LogP contribution in [0.25, 0.3) is 0 Å². The Labute approximate surface area is 94.7 Å². The fraction of sp³-hybridized carbons (Fsp3) is 0.308. The molecule has 84 valence electrons. The minimum absolute atomic E-state index is 0.281. The van der Waals surface area contributed by atoms with Crippen LogP contribution in [0, 0.1) is 5.82 Å². The van der Waals surface area contributed by atoms with Gasteiger partial charge in [0.2, 0.25) is 0 Å². The number of hydrogen-bond donors (Lipinski definition) is 1. The molecule has 0 radical (unpaired) electrons. The Hall–Kier alpha value is -1.64. The average molecular weight is 218 g/mol. The van der Waals surface area contributed by atoms with Crippen LogP contribution >= 0.6 is 0 Å². The van der Waals surface area contributed by atoms with Crippen molar-refractivity contribution in [1.29, 1.82) is 0 Å². The van der Waals surface area contributed by atoms with Gasteiger partial charge in [0.1, 0.15) is 5.82 Å². The summed E-state index contributed by atoms with van der Waals surface area (Å²) in [6.45, 7) is 0. The third-order valence-corrected chi connectivity index (χ3v) is 2.79. The van der Waals surface area contributed by atoms with Crippen molar-refractivity contribution in [3.63, 3.8) is 0 Å². The van der Waals surface area contributed by atoms with Crippen molar-refractivity contribution in [2.75, 3.05) is 0 Å². The molecule has 1 fully saturated rings. The van der Waals surface area contributed by atoms with Crippen molar-refractivity contribution < 1.29 is 4.39 Å². The molecule has 1 aromatic rings. The van der Waals surface area contributed by atoms with Crippen molar-refractivity contribution >= 4 is 11.4 Å². The monoisotopic (exact) mass is 218 g/mol. The SMILES string of the molecule is NC=C1CCCCC1=Nc1ccccc1F. The summed E-state index contributed by atoms with van der Waals surface area (Å²) in [5.41, 5.74) is 7.93. The lowest BCUT2D eigenvalue weighted by Crippen LogP contribution is -2.10. The molecule has 0 unspecified atom stereocenters. The minimum Gasteiger partial charge on any atom is -0.404 e. The summed E-state index contributed by atoms with van der Waals surface area (Å²) in [5, 5.41) is 0. The molecule has 0 aliphatic heterocycles. The van der Waals surface area contributed by atoms with Gasteiger partial charge in [-0.15, -0.1) is 0 Å². The molecule has 2 N–H and O–H groups in total. The summed E-state index contributed by atoms with van der Waals surface area (Å²) in [6.07, 6.45) is 5.67. The Morgan fingerprint density at radius 2 is 1.94 bits per heavy atom. The number of aliphatic imine (C=N–C) groups is 1. The molecule has 3 heteroatoms. The molecule has 0 atom stereocenters. The molecular formula is C13H15FN2. The second-order valence-corrected chi connectivity index (χ2v) is 3.91. The van der Waals surface area contributed by atoms with E-state index in [1.807, 2.05) is 0 Å². The van der Waals surface area contributed by atoms with E-state index in [2.05, 4.69) is 4.99 Å². The summed E-state index contributed by atoms with van der Waals surface area (Å²) >= 11 is 0. The molecule has 0 saturated heterocycles. The number of para-hydroxylation sites is 1. The van der Waals surface area contributed by atoms with Gasteiger partial charge in [-0.25, -0.2) is 4.39 Å². The number of hydrogen-bond acceptors (Lipinski definition) is 2. The fourth-order valence-corrected chi connectivity index (χ4v) is 1.91. The first-order chi connectivity index (χ1) is 7.81. The molecule has 0 bridgehead atoms. The molecule has 0 amide bonds. The molecule has 1 saturated carbocycles. The fourth-order valence-electron chi connectivity index (χ4n) is 1.91. The molecule has 1 aliphatic carbocycles. The highest BCUT2D eigenvalue weighted by Crippen LogP contribution is 2.25. The Morgan fingerprint density at radius 3 is 2.69 bits per heavy atom. The third kappa shape index (κ3) is 2.30. The minimum atomic E-state index is -0.281. The van der Waals surface area contributed by atoms with Crippen LogP contribution in [-0.2, 0) is 0 Å². The van der Waals surface area contributed by atoms with Crippen molar-refractivity contribution in [3.8, 4) is 0 Å². The number of allylic oxidation sites excluding steroid dienone is 1. The smallest absolute Gasteiger partial charge is 0.148 e. The first kappa shape index (κ1) is 10.9. The van der Waals surface area contributed by atoms with Gasteiger partial charge in [-0.3, -0.25) is 4.99 Å². The van der Waals surface area contributed by atoms with Gasteiger partial charge in [-0.2, -0.15) is 0 Å². The van der Waals surface area contributed by atoms with Gasteiger partial charge in [-0.05, 0) is 49.6 Å². The summed E-state index contributed by atoms with van der Waals surface area (Å²) in [6, 6.07) is 6.57. The predicted molar refractivity (Wildman–Crippen MR) is 64.2 cm³/mol. The second kappa shape index (κ2) is 4.92. The Kier molecular flexibility index (Phi) is 3.34. The Balaban J connectivity index is 2.32. The van der Waals surface area contributed by atoms with Gasteiger partial charge < -0.3 is 5.73 Å². The van der Waals surface area contributed by atoms with Crippen LogP contribution < -0.4 is 5.73 Å². The van der Waals surface area contributed by atoms with Crippen LogP contribution in [-0.4, -0.2) is 5.71 Å². The van der Waals surface area contributed by atoms with E-state index < -0.39 is 0 Å². The van der Waals surface area contributed by atoms with Crippen molar-refractivity contribution in [3.05, 3.63) is 41.9 Å². The topological polar surface area (TPSA) is 38.4 Å². The van der Waals surface area contributed by atoms with Gasteiger partial charge >= 0.3 is 0 Å². The summed E-state index contributed by atoms with van der Waals surface area (Å²) in [7, 11) is 0. The largest absolute Gasteiger partial charge is 0.404 e. The normalized spacial score (nSPS) is 21.6. The highest BCUT2D eigenvalue weighted by Gasteiger charge is 2.13. The summed E-state index contributed by atoms with van der Waals surface area (Å²) in [5.74, 6) is -0.281. The standard InChI is InChI=1S/C13H15FN2/c14-11-6-2-4-8-13(11)16-12-7-3-1-5-10(12)9-15/h2,4,6,8-9H,1,3,5,7,15H2. The highest BCUT2D eigenvalue weighted by atomic mass is 19.1. The number of benzene rings is 1. The second-order valence-electron chi connectivity index (χ2n) is 3.91. The van der Waals surface area contributed by atoms with E-state index in [9.17, 15) is 4.39 Å². The number of rotatable bonds is 1. The molecule has 0 spiro atoms. The van der Waals surface area contributed by atoms with Crippen molar-refractivity contribution in [2.24, 2.45) is 10.7 Å². The Morgan fingerprint density at radius 1 is 1.19 bits per heavy atom. The number of nitrogens with zero attached hydrogens (tertiary/aromatic N) is 1.